The number of rotatable bonds is 0. The van der Waals surface area contributed by atoms with Crippen LogP contribution >= 0.6 is 0 Å². The van der Waals surface area contributed by atoms with E-state index in [-0.39, 0.29) is 0 Å². The first kappa shape index (κ1) is 8.52. The summed E-state index contributed by atoms with van der Waals surface area (Å²) in [6, 6.07) is 0.734. The molecule has 2 N–H and O–H groups in total. The van der Waals surface area contributed by atoms with Crippen molar-refractivity contribution in [1.29, 1.82) is 0 Å². The van der Waals surface area contributed by atoms with Gasteiger partial charge in [-0.3, -0.25) is 0 Å². The van der Waals surface area contributed by atoms with Crippen LogP contribution in [0.15, 0.2) is 0 Å². The predicted molar refractivity (Wildman–Crippen MR) is 51.2 cm³/mol. The fourth-order valence-corrected chi connectivity index (χ4v) is 2.56. The van der Waals surface area contributed by atoms with Gasteiger partial charge in [0, 0.05) is 24.7 Å². The molecule has 2 bridgehead atoms. The third-order valence-electron chi connectivity index (χ3n) is 3.65. The highest BCUT2D eigenvalue weighted by Crippen LogP contribution is 2.40. The van der Waals surface area contributed by atoms with Gasteiger partial charge in [-0.1, -0.05) is 20.8 Å². The number of hydrogen-bond acceptors (Lipinski definition) is 2. The summed E-state index contributed by atoms with van der Waals surface area (Å²) in [4.78, 5) is 0. The van der Waals surface area contributed by atoms with Crippen molar-refractivity contribution in [3.05, 3.63) is 0 Å². The number of nitrogens with one attached hydrogen (secondary N) is 2. The lowest BCUT2D eigenvalue weighted by molar-refractivity contribution is 0.133. The lowest BCUT2D eigenvalue weighted by Crippen LogP contribution is -2.63. The second-order valence-corrected chi connectivity index (χ2v) is 5.34. The zero-order valence-electron chi connectivity index (χ0n) is 8.41. The molecule has 0 spiro atoms. The van der Waals surface area contributed by atoms with E-state index < -0.39 is 0 Å². The summed E-state index contributed by atoms with van der Waals surface area (Å²) in [6.45, 7) is 9.34. The molecule has 0 saturated carbocycles. The molecule has 2 aliphatic rings. The number of piperazine rings is 1. The average Bonchev–Trinajstić information content (AvgIpc) is 2.27. The lowest BCUT2D eigenvalue weighted by Gasteiger charge is -2.45. The highest BCUT2D eigenvalue weighted by atomic mass is 15.2. The Morgan fingerprint density at radius 2 is 2.08 bits per heavy atom. The van der Waals surface area contributed by atoms with Crippen molar-refractivity contribution in [1.82, 2.24) is 10.6 Å². The van der Waals surface area contributed by atoms with Gasteiger partial charge in [0.05, 0.1) is 0 Å². The molecule has 2 fully saturated rings. The maximum Gasteiger partial charge on any atom is 0.0358 e. The van der Waals surface area contributed by atoms with Crippen molar-refractivity contribution in [3.8, 4) is 0 Å². The van der Waals surface area contributed by atoms with Gasteiger partial charge in [0.1, 0.15) is 0 Å². The molecule has 0 unspecified atom stereocenters. The van der Waals surface area contributed by atoms with Crippen molar-refractivity contribution >= 4 is 0 Å². The minimum absolute atomic E-state index is 0.371. The Morgan fingerprint density at radius 3 is 2.67 bits per heavy atom. The van der Waals surface area contributed by atoms with Gasteiger partial charge in [-0.15, -0.1) is 0 Å². The summed E-state index contributed by atoms with van der Waals surface area (Å²) in [5, 5.41) is 7.31. The van der Waals surface area contributed by atoms with Crippen molar-refractivity contribution in [2.45, 2.75) is 45.2 Å². The lowest BCUT2D eigenvalue weighted by atomic mass is 9.72. The van der Waals surface area contributed by atoms with Crippen LogP contribution in [-0.4, -0.2) is 24.7 Å². The van der Waals surface area contributed by atoms with Crippen molar-refractivity contribution in [2.24, 2.45) is 5.41 Å². The summed E-state index contributed by atoms with van der Waals surface area (Å²) in [6.07, 6.45) is 2.69. The molecule has 2 atom stereocenters. The first-order chi connectivity index (χ1) is 5.54. The van der Waals surface area contributed by atoms with Crippen LogP contribution in [0.5, 0.6) is 0 Å². The predicted octanol–water partition coefficient (Wildman–Crippen LogP) is 1.13. The van der Waals surface area contributed by atoms with Gasteiger partial charge in [-0.05, 0) is 18.3 Å². The van der Waals surface area contributed by atoms with Crippen molar-refractivity contribution < 1.29 is 0 Å². The van der Waals surface area contributed by atoms with E-state index in [1.54, 1.807) is 0 Å². The van der Waals surface area contributed by atoms with Gasteiger partial charge in [0.15, 0.2) is 0 Å². The Morgan fingerprint density at radius 1 is 1.33 bits per heavy atom. The van der Waals surface area contributed by atoms with Crippen LogP contribution in [0.2, 0.25) is 0 Å². The van der Waals surface area contributed by atoms with Gasteiger partial charge in [-0.2, -0.15) is 0 Å². The molecule has 70 valence electrons. The molecule has 12 heavy (non-hydrogen) atoms. The van der Waals surface area contributed by atoms with Crippen LogP contribution < -0.4 is 10.6 Å². The average molecular weight is 168 g/mol. The smallest absolute Gasteiger partial charge is 0.0358 e. The fraction of sp³-hybridized carbons (Fsp3) is 1.00. The summed E-state index contributed by atoms with van der Waals surface area (Å²) in [5.74, 6) is 0. The molecule has 2 rings (SSSR count). The number of fused-ring (bicyclic) bond motifs is 2. The maximum atomic E-state index is 3.78. The summed E-state index contributed by atoms with van der Waals surface area (Å²) in [5.41, 5.74) is 0.755. The van der Waals surface area contributed by atoms with Gasteiger partial charge in [-0.25, -0.2) is 0 Å². The molecule has 2 heterocycles. The van der Waals surface area contributed by atoms with Crippen LogP contribution in [0.3, 0.4) is 0 Å². The third kappa shape index (κ3) is 1.09. The molecule has 0 aromatic carbocycles. The molecule has 2 heteroatoms. The first-order valence-corrected chi connectivity index (χ1v) is 5.02. The summed E-state index contributed by atoms with van der Waals surface area (Å²) >= 11 is 0. The number of hydrogen-bond donors (Lipinski definition) is 2. The van der Waals surface area contributed by atoms with E-state index >= 15 is 0 Å². The maximum absolute atomic E-state index is 3.78. The highest BCUT2D eigenvalue weighted by molar-refractivity contribution is 5.09. The Bertz CT molecular complexity index is 179. The van der Waals surface area contributed by atoms with E-state index in [2.05, 4.69) is 31.4 Å². The van der Waals surface area contributed by atoms with Gasteiger partial charge >= 0.3 is 0 Å². The topological polar surface area (TPSA) is 24.1 Å². The molecule has 0 aromatic rings. The molecular weight excluding hydrogens is 148 g/mol. The summed E-state index contributed by atoms with van der Waals surface area (Å²) in [7, 11) is 0. The quantitative estimate of drug-likeness (QED) is 0.566. The molecule has 2 saturated heterocycles. The third-order valence-corrected chi connectivity index (χ3v) is 3.65. The Balaban J connectivity index is 2.21. The zero-order valence-corrected chi connectivity index (χ0v) is 8.41. The normalized spacial score (nSPS) is 41.8. The molecular formula is C10H20N2. The van der Waals surface area contributed by atoms with Crippen LogP contribution in [0.4, 0.5) is 0 Å². The van der Waals surface area contributed by atoms with E-state index in [9.17, 15) is 0 Å². The van der Waals surface area contributed by atoms with Crippen LogP contribution in [0.25, 0.3) is 0 Å². The second-order valence-electron chi connectivity index (χ2n) is 5.34. The molecule has 0 aromatic heterocycles. The van der Waals surface area contributed by atoms with Crippen molar-refractivity contribution in [3.63, 3.8) is 0 Å². The fourth-order valence-electron chi connectivity index (χ4n) is 2.56. The van der Waals surface area contributed by atoms with Gasteiger partial charge < -0.3 is 10.6 Å². The summed E-state index contributed by atoms with van der Waals surface area (Å²) < 4.78 is 0. The van der Waals surface area contributed by atoms with E-state index in [0.717, 1.165) is 19.1 Å². The standard InChI is InChI=1S/C10H20N2/c1-9(2,3)10-5-4-8(12-10)6-11-7-10/h8,11-12H,4-7H2,1-3H3/t8-,10-/m0/s1. The molecule has 0 amide bonds. The van der Waals surface area contributed by atoms with E-state index in [1.807, 2.05) is 0 Å². The second kappa shape index (κ2) is 2.46. The Hall–Kier alpha value is -0.0800. The van der Waals surface area contributed by atoms with E-state index in [1.165, 1.54) is 12.8 Å². The minimum Gasteiger partial charge on any atom is -0.313 e. The molecule has 0 aliphatic carbocycles. The SMILES string of the molecule is CC(C)(C)[C@]12CC[C@@H](CNC1)N2. The monoisotopic (exact) mass is 168 g/mol. The largest absolute Gasteiger partial charge is 0.313 e. The molecule has 0 radical (unpaired) electrons. The zero-order chi connectivity index (χ0) is 8.82. The van der Waals surface area contributed by atoms with E-state index in [0.29, 0.717) is 11.0 Å². The van der Waals surface area contributed by atoms with E-state index in [4.69, 9.17) is 0 Å². The molecule has 2 aliphatic heterocycles. The molecule has 2 nitrogen and oxygen atoms in total. The minimum atomic E-state index is 0.371. The Labute approximate surface area is 75.1 Å². The van der Waals surface area contributed by atoms with Crippen molar-refractivity contribution in [2.75, 3.05) is 13.1 Å². The first-order valence-electron chi connectivity index (χ1n) is 5.02. The van der Waals surface area contributed by atoms with Gasteiger partial charge in [0.25, 0.3) is 0 Å². The van der Waals surface area contributed by atoms with Crippen LogP contribution in [0, 0.1) is 5.41 Å². The Kier molecular flexibility index (Phi) is 1.74. The van der Waals surface area contributed by atoms with Gasteiger partial charge in [0.2, 0.25) is 0 Å². The van der Waals surface area contributed by atoms with Crippen LogP contribution in [-0.2, 0) is 0 Å². The van der Waals surface area contributed by atoms with Crippen LogP contribution in [0.1, 0.15) is 33.6 Å². The highest BCUT2D eigenvalue weighted by Gasteiger charge is 2.48.